The van der Waals surface area contributed by atoms with Crippen LogP contribution in [-0.2, 0) is 14.0 Å². The van der Waals surface area contributed by atoms with Crippen LogP contribution < -0.4 is 56.8 Å². The van der Waals surface area contributed by atoms with Gasteiger partial charge < -0.3 is 14.0 Å². The molecule has 5 heteroatoms. The summed E-state index contributed by atoms with van der Waals surface area (Å²) in [6.07, 6.45) is 0. The van der Waals surface area contributed by atoms with E-state index in [9.17, 15) is 0 Å². The Labute approximate surface area is 161 Å². The number of hydrogen-bond donors (Lipinski definition) is 0. The van der Waals surface area contributed by atoms with Crippen molar-refractivity contribution in [3.05, 3.63) is 42.5 Å². The monoisotopic (exact) mass is 294 g/mol. The van der Waals surface area contributed by atoms with Crippen LogP contribution in [-0.4, -0.2) is 26.6 Å². The number of rotatable bonds is 1. The van der Waals surface area contributed by atoms with Crippen LogP contribution in [0.25, 0.3) is 10.8 Å². The van der Waals surface area contributed by atoms with Crippen LogP contribution in [0.4, 0.5) is 0 Å². The van der Waals surface area contributed by atoms with Crippen LogP contribution in [0.2, 0.25) is 0 Å². The summed E-state index contributed by atoms with van der Waals surface area (Å²) in [7, 11) is 0. The third-order valence-corrected chi connectivity index (χ3v) is 4.16. The largest absolute Gasteiger partial charge is 1.00 e. The molecule has 5 rings (SSSR count). The third kappa shape index (κ3) is 2.34. The molecule has 98 valence electrons. The van der Waals surface area contributed by atoms with Crippen LogP contribution in [0.15, 0.2) is 42.5 Å². The first-order valence-corrected chi connectivity index (χ1v) is 6.74. The van der Waals surface area contributed by atoms with Gasteiger partial charge >= 0.3 is 58.1 Å². The van der Waals surface area contributed by atoms with E-state index in [-0.39, 0.29) is 56.8 Å². The molecule has 20 heavy (non-hydrogen) atoms. The Hall–Kier alpha value is 0.281. The fourth-order valence-corrected chi connectivity index (χ4v) is 3.03. The van der Waals surface area contributed by atoms with Crippen molar-refractivity contribution < 1.29 is 65.3 Å². The molecule has 0 aromatic heterocycles. The van der Waals surface area contributed by atoms with Gasteiger partial charge in [-0.15, -0.1) is 5.46 Å². The standard InChI is InChI=1S/C15H16BO3.K/c1-15-9-17-16(18-10-15,19-11-15)14-8-4-6-12-5-2-3-7-13(12)14;/h2-8H,9-11H2,1H3;/q-1;+1. The van der Waals surface area contributed by atoms with Gasteiger partial charge in [0.2, 0.25) is 0 Å². The Morgan fingerprint density at radius 3 is 2.20 bits per heavy atom. The topological polar surface area (TPSA) is 27.7 Å². The Morgan fingerprint density at radius 2 is 1.50 bits per heavy atom. The normalized spacial score (nSPS) is 32.0. The van der Waals surface area contributed by atoms with E-state index >= 15 is 0 Å². The molecule has 2 aromatic carbocycles. The van der Waals surface area contributed by atoms with Crippen molar-refractivity contribution in [2.24, 2.45) is 5.41 Å². The van der Waals surface area contributed by atoms with Gasteiger partial charge in [-0.2, -0.15) is 0 Å². The fraction of sp³-hybridized carbons (Fsp3) is 0.333. The molecule has 0 saturated carbocycles. The van der Waals surface area contributed by atoms with Gasteiger partial charge in [-0.3, -0.25) is 0 Å². The molecule has 3 fully saturated rings. The van der Waals surface area contributed by atoms with Crippen molar-refractivity contribution in [3.8, 4) is 0 Å². The van der Waals surface area contributed by atoms with Crippen LogP contribution in [0, 0.1) is 5.41 Å². The van der Waals surface area contributed by atoms with Crippen molar-refractivity contribution >= 4 is 23.0 Å². The van der Waals surface area contributed by atoms with Crippen LogP contribution >= 0.6 is 0 Å². The van der Waals surface area contributed by atoms with Gasteiger partial charge in [0.1, 0.15) is 0 Å². The Kier molecular flexibility index (Phi) is 4.16. The van der Waals surface area contributed by atoms with Crippen molar-refractivity contribution in [2.75, 3.05) is 19.8 Å². The molecule has 0 amide bonds. The summed E-state index contributed by atoms with van der Waals surface area (Å²) in [5, 5.41) is 2.33. The second-order valence-electron chi connectivity index (χ2n) is 5.95. The smallest absolute Gasteiger partial charge is 0.540 e. The van der Waals surface area contributed by atoms with Gasteiger partial charge in [-0.1, -0.05) is 49.4 Å². The Balaban J connectivity index is 0.00000121. The van der Waals surface area contributed by atoms with E-state index in [1.165, 1.54) is 5.39 Å². The molecular formula is C15H16BKO3. The van der Waals surface area contributed by atoms with Crippen molar-refractivity contribution in [2.45, 2.75) is 6.92 Å². The minimum Gasteiger partial charge on any atom is -0.540 e. The van der Waals surface area contributed by atoms with Crippen molar-refractivity contribution in [1.82, 2.24) is 0 Å². The summed E-state index contributed by atoms with van der Waals surface area (Å²) in [5.41, 5.74) is 1.04. The summed E-state index contributed by atoms with van der Waals surface area (Å²) in [5.74, 6) is 0. The quantitative estimate of drug-likeness (QED) is 0.636. The summed E-state index contributed by atoms with van der Waals surface area (Å²) < 4.78 is 17.9. The van der Waals surface area contributed by atoms with Gasteiger partial charge in [0, 0.05) is 25.2 Å². The number of benzene rings is 2. The van der Waals surface area contributed by atoms with E-state index in [1.54, 1.807) is 0 Å². The van der Waals surface area contributed by atoms with E-state index < -0.39 is 6.75 Å². The molecule has 3 heterocycles. The van der Waals surface area contributed by atoms with Crippen molar-refractivity contribution in [3.63, 3.8) is 0 Å². The summed E-state index contributed by atoms with van der Waals surface area (Å²) in [4.78, 5) is 0. The van der Waals surface area contributed by atoms with Crippen LogP contribution in [0.1, 0.15) is 6.92 Å². The maximum atomic E-state index is 5.98. The average molecular weight is 294 g/mol. The molecule has 0 aliphatic carbocycles. The molecule has 3 saturated heterocycles. The van der Waals surface area contributed by atoms with Gasteiger partial charge in [0.05, 0.1) is 0 Å². The van der Waals surface area contributed by atoms with E-state index in [0.717, 1.165) is 10.8 Å². The fourth-order valence-electron chi connectivity index (χ4n) is 3.03. The molecule has 0 radical (unpaired) electrons. The molecule has 0 atom stereocenters. The summed E-state index contributed by atoms with van der Waals surface area (Å²) in [6.45, 7) is 2.48. The minimum atomic E-state index is -1.76. The zero-order valence-electron chi connectivity index (χ0n) is 12.0. The van der Waals surface area contributed by atoms with Crippen LogP contribution in [0.3, 0.4) is 0 Å². The van der Waals surface area contributed by atoms with E-state index in [2.05, 4.69) is 31.2 Å². The first kappa shape index (κ1) is 15.2. The average Bonchev–Trinajstić information content (AvgIpc) is 2.48. The zero-order valence-corrected chi connectivity index (χ0v) is 15.1. The first-order chi connectivity index (χ1) is 9.21. The SMILES string of the molecule is CC12CO[B-](c3cccc4ccccc34)(OC1)OC2.[K+]. The van der Waals surface area contributed by atoms with Gasteiger partial charge in [-0.25, -0.2) is 0 Å². The predicted molar refractivity (Wildman–Crippen MR) is 75.3 cm³/mol. The van der Waals surface area contributed by atoms with Gasteiger partial charge in [0.25, 0.3) is 0 Å². The number of hydrogen-bond acceptors (Lipinski definition) is 3. The van der Waals surface area contributed by atoms with Crippen LogP contribution in [0.5, 0.6) is 0 Å². The second-order valence-corrected chi connectivity index (χ2v) is 5.95. The third-order valence-electron chi connectivity index (χ3n) is 4.16. The molecule has 3 aliphatic heterocycles. The maximum absolute atomic E-state index is 5.98. The molecule has 0 unspecified atom stereocenters. The van der Waals surface area contributed by atoms with E-state index in [4.69, 9.17) is 14.0 Å². The predicted octanol–water partition coefficient (Wildman–Crippen LogP) is -0.927. The molecular weight excluding hydrogens is 278 g/mol. The van der Waals surface area contributed by atoms with Gasteiger partial charge in [-0.05, 0) is 10.8 Å². The van der Waals surface area contributed by atoms with E-state index in [1.807, 2.05) is 18.2 Å². The van der Waals surface area contributed by atoms with Gasteiger partial charge in [0.15, 0.2) is 0 Å². The molecule has 0 spiro atoms. The number of fused-ring (bicyclic) bond motifs is 4. The molecule has 2 aromatic rings. The molecule has 3 aliphatic rings. The first-order valence-electron chi connectivity index (χ1n) is 6.74. The van der Waals surface area contributed by atoms with Crippen molar-refractivity contribution in [1.29, 1.82) is 0 Å². The zero-order chi connectivity index (χ0) is 12.9. The second kappa shape index (κ2) is 5.48. The molecule has 2 bridgehead atoms. The molecule has 3 nitrogen and oxygen atoms in total. The summed E-state index contributed by atoms with van der Waals surface area (Å²) >= 11 is 0. The summed E-state index contributed by atoms with van der Waals surface area (Å²) in [6, 6.07) is 14.5. The van der Waals surface area contributed by atoms with E-state index in [0.29, 0.717) is 19.8 Å². The maximum Gasteiger partial charge on any atom is 1.00 e. The minimum absolute atomic E-state index is 0. The molecule has 0 N–H and O–H groups in total. The Morgan fingerprint density at radius 1 is 0.900 bits per heavy atom. The Bertz CT molecular complexity index is 616.